The molecule has 0 aliphatic carbocycles. The number of hydrogen-bond acceptors (Lipinski definition) is 0. The third-order valence-corrected chi connectivity index (χ3v) is 2.67. The lowest BCUT2D eigenvalue weighted by Gasteiger charge is -2.30. The van der Waals surface area contributed by atoms with E-state index in [4.69, 9.17) is 0 Å². The molecule has 0 aromatic heterocycles. The molecule has 0 saturated heterocycles. The van der Waals surface area contributed by atoms with Crippen LogP contribution < -0.4 is 0 Å². The minimum absolute atomic E-state index is 1.00. The van der Waals surface area contributed by atoms with Crippen molar-refractivity contribution in [2.75, 3.05) is 54.4 Å². The largest absolute Gasteiger partial charge is 0.318 e. The van der Waals surface area contributed by atoms with Crippen LogP contribution in [0.1, 0.15) is 6.42 Å². The molecule has 0 N–H and O–H groups in total. The molecule has 2 nitrogen and oxygen atoms in total. The van der Waals surface area contributed by atoms with Gasteiger partial charge in [0.15, 0.2) is 0 Å². The molecule has 13 heavy (non-hydrogen) atoms. The summed E-state index contributed by atoms with van der Waals surface area (Å²) in [4.78, 5) is 0. The van der Waals surface area contributed by atoms with Crippen molar-refractivity contribution in [1.29, 1.82) is 0 Å². The molecule has 74 valence electrons. The van der Waals surface area contributed by atoms with Gasteiger partial charge in [-0.05, 0) is 11.8 Å². The summed E-state index contributed by atoms with van der Waals surface area (Å²) in [7, 11) is 9.06. The molecule has 1 heterocycles. The Morgan fingerprint density at radius 2 is 1.15 bits per heavy atom. The second-order valence-electron chi connectivity index (χ2n) is 5.34. The van der Waals surface area contributed by atoms with Gasteiger partial charge in [0.2, 0.25) is 0 Å². The SMILES string of the molecule is C[N+]1(C)CC#CC[N+](C)(C)CCC1. The lowest BCUT2D eigenvalue weighted by Crippen LogP contribution is -2.44. The molecule has 1 aliphatic heterocycles. The molecule has 0 amide bonds. The topological polar surface area (TPSA) is 0 Å². The van der Waals surface area contributed by atoms with Crippen molar-refractivity contribution in [2.45, 2.75) is 6.42 Å². The van der Waals surface area contributed by atoms with Crippen LogP contribution in [0.2, 0.25) is 0 Å². The van der Waals surface area contributed by atoms with Gasteiger partial charge in [-0.3, -0.25) is 0 Å². The Labute approximate surface area is 82.3 Å². The molecule has 1 aliphatic rings. The summed E-state index contributed by atoms with van der Waals surface area (Å²) in [5.74, 6) is 6.56. The van der Waals surface area contributed by atoms with Gasteiger partial charge in [0, 0.05) is 6.42 Å². The predicted octanol–water partition coefficient (Wildman–Crippen LogP) is 0.546. The first-order chi connectivity index (χ1) is 5.91. The van der Waals surface area contributed by atoms with Gasteiger partial charge >= 0.3 is 0 Å². The van der Waals surface area contributed by atoms with Gasteiger partial charge in [-0.15, -0.1) is 0 Å². The zero-order chi connectivity index (χ0) is 9.95. The Balaban J connectivity index is 2.63. The number of rotatable bonds is 0. The highest BCUT2D eigenvalue weighted by Gasteiger charge is 2.19. The van der Waals surface area contributed by atoms with Gasteiger partial charge in [-0.1, -0.05) is 0 Å². The van der Waals surface area contributed by atoms with Crippen molar-refractivity contribution in [1.82, 2.24) is 0 Å². The van der Waals surface area contributed by atoms with Gasteiger partial charge in [0.1, 0.15) is 13.1 Å². The van der Waals surface area contributed by atoms with Crippen molar-refractivity contribution in [3.63, 3.8) is 0 Å². The highest BCUT2D eigenvalue weighted by molar-refractivity contribution is 4.99. The number of quaternary nitrogens is 2. The Kier molecular flexibility index (Phi) is 3.00. The van der Waals surface area contributed by atoms with Crippen LogP contribution in [0, 0.1) is 11.8 Å². The summed E-state index contributed by atoms with van der Waals surface area (Å²) in [6.07, 6.45) is 1.30. The summed E-state index contributed by atoms with van der Waals surface area (Å²) in [6.45, 7) is 4.49. The summed E-state index contributed by atoms with van der Waals surface area (Å²) in [5.41, 5.74) is 0. The molecule has 0 bridgehead atoms. The van der Waals surface area contributed by atoms with Gasteiger partial charge < -0.3 is 8.97 Å². The fourth-order valence-corrected chi connectivity index (χ4v) is 1.62. The molecule has 0 aromatic rings. The van der Waals surface area contributed by atoms with E-state index in [1.165, 1.54) is 19.5 Å². The monoisotopic (exact) mass is 182 g/mol. The van der Waals surface area contributed by atoms with Crippen molar-refractivity contribution >= 4 is 0 Å². The third kappa shape index (κ3) is 3.80. The number of nitrogens with zero attached hydrogens (tertiary/aromatic N) is 2. The van der Waals surface area contributed by atoms with Crippen LogP contribution >= 0.6 is 0 Å². The molecule has 0 radical (unpaired) electrons. The summed E-state index contributed by atoms with van der Waals surface area (Å²) >= 11 is 0. The van der Waals surface area contributed by atoms with Crippen molar-refractivity contribution < 1.29 is 8.97 Å². The molecular weight excluding hydrogens is 160 g/mol. The Bertz CT molecular complexity index is 208. The Morgan fingerprint density at radius 3 is 1.54 bits per heavy atom. The van der Waals surface area contributed by atoms with Gasteiger partial charge in [0.05, 0.1) is 41.3 Å². The van der Waals surface area contributed by atoms with Crippen LogP contribution in [0.15, 0.2) is 0 Å². The van der Waals surface area contributed by atoms with E-state index in [0.29, 0.717) is 0 Å². The zero-order valence-electron chi connectivity index (χ0n) is 9.43. The second-order valence-corrected chi connectivity index (χ2v) is 5.34. The van der Waals surface area contributed by atoms with Crippen LogP contribution in [0.4, 0.5) is 0 Å². The summed E-state index contributed by atoms with van der Waals surface area (Å²) in [6, 6.07) is 0. The molecular formula is C11H22N2+2. The van der Waals surface area contributed by atoms with E-state index < -0.39 is 0 Å². The second kappa shape index (κ2) is 3.69. The highest BCUT2D eigenvalue weighted by atomic mass is 15.3. The minimum Gasteiger partial charge on any atom is -0.318 e. The third-order valence-electron chi connectivity index (χ3n) is 2.67. The summed E-state index contributed by atoms with van der Waals surface area (Å²) in [5, 5.41) is 0. The minimum atomic E-state index is 1.00. The van der Waals surface area contributed by atoms with Crippen LogP contribution in [-0.4, -0.2) is 63.3 Å². The van der Waals surface area contributed by atoms with Gasteiger partial charge in [-0.25, -0.2) is 0 Å². The molecule has 0 saturated carbocycles. The maximum Gasteiger partial charge on any atom is 0.140 e. The van der Waals surface area contributed by atoms with Crippen molar-refractivity contribution in [3.05, 3.63) is 0 Å². The highest BCUT2D eigenvalue weighted by Crippen LogP contribution is 2.05. The standard InChI is InChI=1S/C11H22N2/c1-12(2)8-5-6-9-13(3,4)11-7-10-12/h7-11H2,1-4H3/q+2. The fraction of sp³-hybridized carbons (Fsp3) is 0.818. The van der Waals surface area contributed by atoms with Crippen LogP contribution in [0.5, 0.6) is 0 Å². The van der Waals surface area contributed by atoms with E-state index in [2.05, 4.69) is 40.0 Å². The Hall–Kier alpha value is -0.520. The van der Waals surface area contributed by atoms with Crippen LogP contribution in [0.25, 0.3) is 0 Å². The molecule has 1 rings (SSSR count). The van der Waals surface area contributed by atoms with Crippen LogP contribution in [-0.2, 0) is 0 Å². The van der Waals surface area contributed by atoms with E-state index >= 15 is 0 Å². The molecule has 0 unspecified atom stereocenters. The number of hydrogen-bond donors (Lipinski definition) is 0. The van der Waals surface area contributed by atoms with Crippen molar-refractivity contribution in [3.8, 4) is 11.8 Å². The lowest BCUT2D eigenvalue weighted by molar-refractivity contribution is -0.900. The van der Waals surface area contributed by atoms with Crippen LogP contribution in [0.3, 0.4) is 0 Å². The average molecular weight is 182 g/mol. The van der Waals surface area contributed by atoms with E-state index in [1.807, 2.05) is 0 Å². The normalized spacial score (nSPS) is 26.2. The smallest absolute Gasteiger partial charge is 0.140 e. The molecule has 0 spiro atoms. The maximum absolute atomic E-state index is 3.28. The molecule has 0 atom stereocenters. The average Bonchev–Trinajstić information content (AvgIpc) is 2.01. The van der Waals surface area contributed by atoms with E-state index in [1.54, 1.807) is 0 Å². The summed E-state index contributed by atoms with van der Waals surface area (Å²) < 4.78 is 2.10. The van der Waals surface area contributed by atoms with E-state index in [9.17, 15) is 0 Å². The first kappa shape index (κ1) is 10.6. The quantitative estimate of drug-likeness (QED) is 0.379. The first-order valence-electron chi connectivity index (χ1n) is 5.01. The first-order valence-corrected chi connectivity index (χ1v) is 5.01. The van der Waals surface area contributed by atoms with Gasteiger partial charge in [0.25, 0.3) is 0 Å². The molecule has 0 fully saturated rings. The lowest BCUT2D eigenvalue weighted by atomic mass is 10.3. The van der Waals surface area contributed by atoms with Gasteiger partial charge in [-0.2, -0.15) is 0 Å². The van der Waals surface area contributed by atoms with Crippen molar-refractivity contribution in [2.24, 2.45) is 0 Å². The maximum atomic E-state index is 3.28. The molecule has 0 aromatic carbocycles. The molecule has 2 heteroatoms. The van der Waals surface area contributed by atoms with E-state index in [0.717, 1.165) is 22.1 Å². The van der Waals surface area contributed by atoms with E-state index in [-0.39, 0.29) is 0 Å². The fourth-order valence-electron chi connectivity index (χ4n) is 1.62. The zero-order valence-corrected chi connectivity index (χ0v) is 9.43. The predicted molar refractivity (Wildman–Crippen MR) is 56.1 cm³/mol. The Morgan fingerprint density at radius 1 is 0.769 bits per heavy atom.